The van der Waals surface area contributed by atoms with E-state index >= 15 is 0 Å². The Hall–Kier alpha value is -2.83. The molecule has 0 aliphatic heterocycles. The van der Waals surface area contributed by atoms with Crippen LogP contribution in [0.15, 0.2) is 47.6 Å². The van der Waals surface area contributed by atoms with Gasteiger partial charge in [0.1, 0.15) is 5.82 Å². The number of hydrazone groups is 1. The van der Waals surface area contributed by atoms with E-state index in [0.717, 1.165) is 12.1 Å². The molecule has 0 saturated heterocycles. The highest BCUT2D eigenvalue weighted by atomic mass is 19.1. The number of nitrogens with zero attached hydrogens (tertiary/aromatic N) is 2. The molecule has 2 rings (SSSR count). The third kappa shape index (κ3) is 3.38. The van der Waals surface area contributed by atoms with Crippen LogP contribution in [-0.2, 0) is 0 Å². The molecule has 21 heavy (non-hydrogen) atoms. The van der Waals surface area contributed by atoms with E-state index < -0.39 is 16.6 Å². The molecule has 108 valence electrons. The monoisotopic (exact) mass is 291 g/mol. The molecule has 0 atom stereocenters. The molecular weight excluding hydrogens is 280 g/mol. The number of halogens is 2. The Morgan fingerprint density at radius 2 is 1.95 bits per heavy atom. The molecule has 0 aromatic heterocycles. The van der Waals surface area contributed by atoms with E-state index in [4.69, 9.17) is 0 Å². The van der Waals surface area contributed by atoms with Gasteiger partial charge >= 0.3 is 0 Å². The van der Waals surface area contributed by atoms with Crippen LogP contribution in [0.4, 0.5) is 20.2 Å². The molecule has 0 heterocycles. The number of para-hydroxylation sites is 1. The van der Waals surface area contributed by atoms with Gasteiger partial charge in [-0.25, -0.2) is 8.78 Å². The standard InChI is InChI=1S/C14H11F2N3O2/c1-9(11-4-2-3-5-14(11)19(20)21)17-18-13-7-6-10(15)8-12(13)16/h2-8,18H,1H3/b17-9-. The maximum Gasteiger partial charge on any atom is 0.278 e. The molecular formula is C14H11F2N3O2. The van der Waals surface area contributed by atoms with Crippen molar-refractivity contribution < 1.29 is 13.7 Å². The van der Waals surface area contributed by atoms with Crippen LogP contribution in [-0.4, -0.2) is 10.6 Å². The highest BCUT2D eigenvalue weighted by Gasteiger charge is 2.14. The number of hydrogen-bond acceptors (Lipinski definition) is 4. The second-order valence-electron chi connectivity index (χ2n) is 4.21. The van der Waals surface area contributed by atoms with Crippen molar-refractivity contribution in [1.29, 1.82) is 0 Å². The van der Waals surface area contributed by atoms with Crippen molar-refractivity contribution in [3.63, 3.8) is 0 Å². The molecule has 1 N–H and O–H groups in total. The van der Waals surface area contributed by atoms with Crippen molar-refractivity contribution in [3.05, 3.63) is 69.8 Å². The lowest BCUT2D eigenvalue weighted by Gasteiger charge is -2.05. The number of benzene rings is 2. The second kappa shape index (κ2) is 6.08. The number of rotatable bonds is 4. The zero-order valence-electron chi connectivity index (χ0n) is 11.0. The summed E-state index contributed by atoms with van der Waals surface area (Å²) >= 11 is 0. The smallest absolute Gasteiger partial charge is 0.275 e. The lowest BCUT2D eigenvalue weighted by Crippen LogP contribution is -2.04. The Labute approximate surface area is 119 Å². The molecule has 0 bridgehead atoms. The summed E-state index contributed by atoms with van der Waals surface area (Å²) in [7, 11) is 0. The SMILES string of the molecule is C/C(=N/Nc1ccc(F)cc1F)c1ccccc1[N+](=O)[O-]. The van der Waals surface area contributed by atoms with E-state index in [9.17, 15) is 18.9 Å². The average molecular weight is 291 g/mol. The molecule has 0 radical (unpaired) electrons. The Bertz CT molecular complexity index is 717. The summed E-state index contributed by atoms with van der Waals surface area (Å²) in [5.41, 5.74) is 2.94. The lowest BCUT2D eigenvalue weighted by atomic mass is 10.1. The molecule has 0 aliphatic rings. The van der Waals surface area contributed by atoms with Gasteiger partial charge < -0.3 is 0 Å². The van der Waals surface area contributed by atoms with Gasteiger partial charge in [-0.1, -0.05) is 12.1 Å². The summed E-state index contributed by atoms with van der Waals surface area (Å²) in [6.07, 6.45) is 0. The third-order valence-electron chi connectivity index (χ3n) is 2.77. The zero-order valence-corrected chi connectivity index (χ0v) is 11.0. The first kappa shape index (κ1) is 14.6. The van der Waals surface area contributed by atoms with Crippen molar-refractivity contribution in [2.45, 2.75) is 6.92 Å². The zero-order chi connectivity index (χ0) is 15.4. The highest BCUT2D eigenvalue weighted by Crippen LogP contribution is 2.19. The normalized spacial score (nSPS) is 11.3. The van der Waals surface area contributed by atoms with E-state index in [0.29, 0.717) is 11.3 Å². The fourth-order valence-electron chi connectivity index (χ4n) is 1.72. The minimum absolute atomic E-state index is 0.0191. The lowest BCUT2D eigenvalue weighted by molar-refractivity contribution is -0.385. The molecule has 2 aromatic rings. The summed E-state index contributed by atoms with van der Waals surface area (Å²) in [6, 6.07) is 9.08. The van der Waals surface area contributed by atoms with E-state index in [-0.39, 0.29) is 11.4 Å². The summed E-state index contributed by atoms with van der Waals surface area (Å²) < 4.78 is 26.2. The van der Waals surface area contributed by atoms with E-state index in [2.05, 4.69) is 10.5 Å². The molecule has 0 unspecified atom stereocenters. The van der Waals surface area contributed by atoms with Crippen molar-refractivity contribution in [2.24, 2.45) is 5.10 Å². The number of nitro groups is 1. The fourth-order valence-corrected chi connectivity index (χ4v) is 1.72. The minimum atomic E-state index is -0.797. The molecule has 0 fully saturated rings. The van der Waals surface area contributed by atoms with Crippen molar-refractivity contribution in [2.75, 3.05) is 5.43 Å². The minimum Gasteiger partial charge on any atom is -0.275 e. The topological polar surface area (TPSA) is 67.5 Å². The number of anilines is 1. The fraction of sp³-hybridized carbons (Fsp3) is 0.0714. The number of nitro benzene ring substituents is 1. The Morgan fingerprint density at radius 3 is 2.62 bits per heavy atom. The molecule has 0 amide bonds. The maximum absolute atomic E-state index is 13.4. The quantitative estimate of drug-likeness (QED) is 0.530. The van der Waals surface area contributed by atoms with Crippen LogP contribution in [0, 0.1) is 21.7 Å². The average Bonchev–Trinajstić information content (AvgIpc) is 2.46. The van der Waals surface area contributed by atoms with Gasteiger partial charge in [-0.05, 0) is 25.1 Å². The summed E-state index contributed by atoms with van der Waals surface area (Å²) in [4.78, 5) is 10.4. The van der Waals surface area contributed by atoms with Gasteiger partial charge in [-0.2, -0.15) is 5.10 Å². The first-order chi connectivity index (χ1) is 9.99. The molecule has 0 aliphatic carbocycles. The Kier molecular flexibility index (Phi) is 4.22. The van der Waals surface area contributed by atoms with Crippen molar-refractivity contribution in [1.82, 2.24) is 0 Å². The second-order valence-corrected chi connectivity index (χ2v) is 4.21. The molecule has 0 spiro atoms. The number of nitrogens with one attached hydrogen (secondary N) is 1. The van der Waals surface area contributed by atoms with Crippen LogP contribution in [0.2, 0.25) is 0 Å². The first-order valence-corrected chi connectivity index (χ1v) is 5.98. The van der Waals surface area contributed by atoms with Crippen molar-refractivity contribution >= 4 is 17.1 Å². The Morgan fingerprint density at radius 1 is 1.24 bits per heavy atom. The highest BCUT2D eigenvalue weighted by molar-refractivity contribution is 6.02. The van der Waals surface area contributed by atoms with Crippen LogP contribution in [0.5, 0.6) is 0 Å². The van der Waals surface area contributed by atoms with Crippen LogP contribution >= 0.6 is 0 Å². The van der Waals surface area contributed by atoms with Crippen LogP contribution in [0.1, 0.15) is 12.5 Å². The van der Waals surface area contributed by atoms with E-state index in [1.807, 2.05) is 0 Å². The van der Waals surface area contributed by atoms with Crippen LogP contribution < -0.4 is 5.43 Å². The van der Waals surface area contributed by atoms with Crippen molar-refractivity contribution in [3.8, 4) is 0 Å². The molecule has 5 nitrogen and oxygen atoms in total. The van der Waals surface area contributed by atoms with Gasteiger partial charge in [0.05, 0.1) is 21.9 Å². The maximum atomic E-state index is 13.4. The predicted molar refractivity (Wildman–Crippen MR) is 75.3 cm³/mol. The van der Waals surface area contributed by atoms with Gasteiger partial charge in [0, 0.05) is 12.1 Å². The predicted octanol–water partition coefficient (Wildman–Crippen LogP) is 3.71. The van der Waals surface area contributed by atoms with Crippen LogP contribution in [0.25, 0.3) is 0 Å². The van der Waals surface area contributed by atoms with Gasteiger partial charge in [-0.15, -0.1) is 0 Å². The third-order valence-corrected chi connectivity index (χ3v) is 2.77. The molecule has 7 heteroatoms. The van der Waals surface area contributed by atoms with E-state index in [1.54, 1.807) is 25.1 Å². The van der Waals surface area contributed by atoms with Gasteiger partial charge in [0.2, 0.25) is 0 Å². The largest absolute Gasteiger partial charge is 0.278 e. The molecule has 0 saturated carbocycles. The summed E-state index contributed by atoms with van der Waals surface area (Å²) in [5.74, 6) is -1.49. The molecule has 2 aromatic carbocycles. The van der Waals surface area contributed by atoms with Crippen LogP contribution in [0.3, 0.4) is 0 Å². The van der Waals surface area contributed by atoms with Gasteiger partial charge in [0.25, 0.3) is 5.69 Å². The van der Waals surface area contributed by atoms with E-state index in [1.165, 1.54) is 12.1 Å². The Balaban J connectivity index is 2.28. The van der Waals surface area contributed by atoms with Gasteiger partial charge in [-0.3, -0.25) is 15.5 Å². The number of hydrogen-bond donors (Lipinski definition) is 1. The summed E-state index contributed by atoms with van der Waals surface area (Å²) in [6.45, 7) is 1.55. The summed E-state index contributed by atoms with van der Waals surface area (Å²) in [5, 5.41) is 14.8. The van der Waals surface area contributed by atoms with Gasteiger partial charge in [0.15, 0.2) is 5.82 Å². The first-order valence-electron chi connectivity index (χ1n) is 5.98.